The number of hydrogen-bond acceptors (Lipinski definition) is 3. The van der Waals surface area contributed by atoms with Gasteiger partial charge in [-0.1, -0.05) is 12.1 Å². The first-order chi connectivity index (χ1) is 7.61. The van der Waals surface area contributed by atoms with E-state index in [1.165, 1.54) is 6.07 Å². The molecule has 16 heavy (non-hydrogen) atoms. The molecular weight excluding hydrogens is 207 g/mol. The minimum atomic E-state index is -0.376. The highest BCUT2D eigenvalue weighted by Gasteiger charge is 2.16. The van der Waals surface area contributed by atoms with E-state index in [2.05, 4.69) is 0 Å². The van der Waals surface area contributed by atoms with Crippen LogP contribution in [0.2, 0.25) is 0 Å². The van der Waals surface area contributed by atoms with Crippen molar-refractivity contribution in [3.05, 3.63) is 29.6 Å². The Labute approximate surface area is 94.7 Å². The lowest BCUT2D eigenvalue weighted by Gasteiger charge is -2.27. The molecule has 0 saturated carbocycles. The Morgan fingerprint density at radius 1 is 1.56 bits per heavy atom. The van der Waals surface area contributed by atoms with Crippen LogP contribution in [0.1, 0.15) is 18.9 Å². The average molecular weight is 222 g/mol. The van der Waals surface area contributed by atoms with Crippen LogP contribution in [0.25, 0.3) is 0 Å². The molecule has 1 aromatic carbocycles. The maximum Gasteiger partial charge on any atom is 0.146 e. The molecule has 0 bridgehead atoms. The Morgan fingerprint density at radius 2 is 2.25 bits per heavy atom. The van der Waals surface area contributed by atoms with E-state index in [1.54, 1.807) is 24.1 Å². The fourth-order valence-electron chi connectivity index (χ4n) is 1.57. The van der Waals surface area contributed by atoms with Crippen molar-refractivity contribution < 1.29 is 9.50 Å². The normalized spacial score (nSPS) is 11.9. The first-order valence-corrected chi connectivity index (χ1v) is 5.09. The van der Waals surface area contributed by atoms with Crippen molar-refractivity contribution >= 4 is 5.69 Å². The first kappa shape index (κ1) is 12.5. The van der Waals surface area contributed by atoms with Gasteiger partial charge in [-0.05, 0) is 13.0 Å². The highest BCUT2D eigenvalue weighted by atomic mass is 19.1. The van der Waals surface area contributed by atoms with E-state index in [1.807, 2.05) is 13.0 Å². The second-order valence-corrected chi connectivity index (χ2v) is 3.73. The van der Waals surface area contributed by atoms with Gasteiger partial charge in [0.15, 0.2) is 0 Å². The van der Waals surface area contributed by atoms with E-state index in [0.717, 1.165) is 0 Å². The van der Waals surface area contributed by atoms with E-state index in [0.29, 0.717) is 17.7 Å². The summed E-state index contributed by atoms with van der Waals surface area (Å²) in [6.45, 7) is 1.63. The third-order valence-corrected chi connectivity index (χ3v) is 2.64. The second-order valence-electron chi connectivity index (χ2n) is 3.73. The maximum absolute atomic E-state index is 13.7. The Hall–Kier alpha value is -1.60. The molecule has 0 spiro atoms. The number of anilines is 1. The van der Waals surface area contributed by atoms with Gasteiger partial charge in [0, 0.05) is 18.7 Å². The van der Waals surface area contributed by atoms with Gasteiger partial charge in [-0.15, -0.1) is 0 Å². The number of aliphatic hydroxyl groups excluding tert-OH is 1. The van der Waals surface area contributed by atoms with Crippen LogP contribution in [0, 0.1) is 17.1 Å². The molecule has 1 unspecified atom stereocenters. The zero-order valence-corrected chi connectivity index (χ0v) is 9.44. The molecule has 0 amide bonds. The lowest BCUT2D eigenvalue weighted by atomic mass is 10.1. The topological polar surface area (TPSA) is 47.3 Å². The number of halogens is 1. The molecular formula is C12H15FN2O. The highest BCUT2D eigenvalue weighted by molar-refractivity contribution is 5.54. The first-order valence-electron chi connectivity index (χ1n) is 5.09. The maximum atomic E-state index is 13.7. The highest BCUT2D eigenvalue weighted by Crippen LogP contribution is 2.25. The van der Waals surface area contributed by atoms with Crippen LogP contribution in [-0.2, 0) is 6.61 Å². The molecule has 1 rings (SSSR count). The molecule has 0 aromatic heterocycles. The van der Waals surface area contributed by atoms with Gasteiger partial charge in [0.2, 0.25) is 0 Å². The molecule has 1 atom stereocenters. The number of aliphatic hydroxyl groups is 1. The van der Waals surface area contributed by atoms with Crippen molar-refractivity contribution in [2.45, 2.75) is 26.0 Å². The molecule has 86 valence electrons. The summed E-state index contributed by atoms with van der Waals surface area (Å²) in [5, 5.41) is 17.8. The van der Waals surface area contributed by atoms with Crippen LogP contribution in [0.3, 0.4) is 0 Å². The van der Waals surface area contributed by atoms with Crippen molar-refractivity contribution in [2.24, 2.45) is 0 Å². The van der Waals surface area contributed by atoms with Gasteiger partial charge in [-0.3, -0.25) is 0 Å². The van der Waals surface area contributed by atoms with Crippen LogP contribution < -0.4 is 4.90 Å². The molecule has 0 heterocycles. The summed E-state index contributed by atoms with van der Waals surface area (Å²) < 4.78 is 13.7. The van der Waals surface area contributed by atoms with E-state index < -0.39 is 0 Å². The lowest BCUT2D eigenvalue weighted by molar-refractivity contribution is 0.281. The minimum absolute atomic E-state index is 0.0906. The Kier molecular flexibility index (Phi) is 4.27. The monoisotopic (exact) mass is 222 g/mol. The number of benzene rings is 1. The molecule has 1 aromatic rings. The average Bonchev–Trinajstić information content (AvgIpc) is 2.28. The van der Waals surface area contributed by atoms with Gasteiger partial charge in [0.25, 0.3) is 0 Å². The summed E-state index contributed by atoms with van der Waals surface area (Å²) in [6, 6.07) is 6.55. The van der Waals surface area contributed by atoms with E-state index in [4.69, 9.17) is 10.4 Å². The summed E-state index contributed by atoms with van der Waals surface area (Å²) in [5.74, 6) is -0.376. The smallest absolute Gasteiger partial charge is 0.146 e. The Bertz CT molecular complexity index is 400. The Morgan fingerprint density at radius 3 is 2.81 bits per heavy atom. The fourth-order valence-corrected chi connectivity index (χ4v) is 1.57. The van der Waals surface area contributed by atoms with Crippen LogP contribution in [-0.4, -0.2) is 18.2 Å². The fraction of sp³-hybridized carbons (Fsp3) is 0.417. The van der Waals surface area contributed by atoms with Crippen LogP contribution in [0.5, 0.6) is 0 Å². The third-order valence-electron chi connectivity index (χ3n) is 2.64. The zero-order chi connectivity index (χ0) is 12.1. The Balaban J connectivity index is 3.07. The van der Waals surface area contributed by atoms with Crippen molar-refractivity contribution in [3.8, 4) is 6.07 Å². The van der Waals surface area contributed by atoms with Crippen LogP contribution >= 0.6 is 0 Å². The molecule has 0 radical (unpaired) electrons. The van der Waals surface area contributed by atoms with E-state index in [-0.39, 0.29) is 18.5 Å². The molecule has 0 aliphatic rings. The van der Waals surface area contributed by atoms with Crippen LogP contribution in [0.15, 0.2) is 18.2 Å². The molecule has 0 fully saturated rings. The van der Waals surface area contributed by atoms with Crippen molar-refractivity contribution in [3.63, 3.8) is 0 Å². The number of rotatable bonds is 4. The number of para-hydroxylation sites is 1. The van der Waals surface area contributed by atoms with Gasteiger partial charge in [0.1, 0.15) is 5.82 Å². The van der Waals surface area contributed by atoms with Gasteiger partial charge in [0.05, 0.1) is 24.8 Å². The number of nitrogens with zero attached hydrogens (tertiary/aromatic N) is 2. The molecule has 0 aliphatic heterocycles. The minimum Gasteiger partial charge on any atom is -0.392 e. The standard InChI is InChI=1S/C12H15FN2O/c1-9(6-7-14)15(2)12-10(8-16)4-3-5-11(12)13/h3-5,9,16H,6,8H2,1-2H3. The second kappa shape index (κ2) is 5.47. The summed E-state index contributed by atoms with van der Waals surface area (Å²) in [5.41, 5.74) is 0.903. The van der Waals surface area contributed by atoms with Gasteiger partial charge >= 0.3 is 0 Å². The molecule has 4 heteroatoms. The van der Waals surface area contributed by atoms with Crippen LogP contribution in [0.4, 0.5) is 10.1 Å². The van der Waals surface area contributed by atoms with Crippen molar-refractivity contribution in [1.82, 2.24) is 0 Å². The zero-order valence-electron chi connectivity index (χ0n) is 9.44. The number of hydrogen-bond donors (Lipinski definition) is 1. The van der Waals surface area contributed by atoms with E-state index in [9.17, 15) is 4.39 Å². The third kappa shape index (κ3) is 2.50. The van der Waals surface area contributed by atoms with Crippen molar-refractivity contribution in [1.29, 1.82) is 5.26 Å². The lowest BCUT2D eigenvalue weighted by Crippen LogP contribution is -2.30. The van der Waals surface area contributed by atoms with E-state index >= 15 is 0 Å². The SMILES string of the molecule is CC(CC#N)N(C)c1c(F)cccc1CO. The predicted octanol–water partition coefficient (Wildman–Crippen LogP) is 2.06. The summed E-state index contributed by atoms with van der Waals surface area (Å²) in [7, 11) is 1.72. The molecule has 0 saturated heterocycles. The van der Waals surface area contributed by atoms with Crippen molar-refractivity contribution in [2.75, 3.05) is 11.9 Å². The van der Waals surface area contributed by atoms with Gasteiger partial charge in [-0.25, -0.2) is 4.39 Å². The largest absolute Gasteiger partial charge is 0.392 e. The summed E-state index contributed by atoms with van der Waals surface area (Å²) in [4.78, 5) is 1.68. The predicted molar refractivity (Wildman–Crippen MR) is 60.4 cm³/mol. The molecule has 1 N–H and O–H groups in total. The number of nitriles is 1. The summed E-state index contributed by atoms with van der Waals surface area (Å²) in [6.07, 6.45) is 0.315. The summed E-state index contributed by atoms with van der Waals surface area (Å²) >= 11 is 0. The molecule has 0 aliphatic carbocycles. The molecule has 3 nitrogen and oxygen atoms in total. The van der Waals surface area contributed by atoms with Gasteiger partial charge < -0.3 is 10.0 Å². The van der Waals surface area contributed by atoms with Gasteiger partial charge in [-0.2, -0.15) is 5.26 Å². The quantitative estimate of drug-likeness (QED) is 0.848.